The smallest absolute Gasteiger partial charge is 0.253 e. The Morgan fingerprint density at radius 2 is 2.11 bits per heavy atom. The molecule has 0 saturated heterocycles. The van der Waals surface area contributed by atoms with Crippen molar-refractivity contribution in [2.45, 2.75) is 13.8 Å². The molecule has 5 nitrogen and oxygen atoms in total. The van der Waals surface area contributed by atoms with Crippen LogP contribution in [0.2, 0.25) is 0 Å². The molecule has 0 aliphatic heterocycles. The Bertz CT molecular complexity index is 457. The molecule has 1 aromatic carbocycles. The molecular formula is C13H19N3O2. The van der Waals surface area contributed by atoms with Gasteiger partial charge in [0.15, 0.2) is 0 Å². The summed E-state index contributed by atoms with van der Waals surface area (Å²) in [4.78, 5) is 13.8. The highest BCUT2D eigenvalue weighted by atomic mass is 16.4. The van der Waals surface area contributed by atoms with Gasteiger partial charge in [-0.2, -0.15) is 0 Å². The van der Waals surface area contributed by atoms with Gasteiger partial charge in [0.2, 0.25) is 0 Å². The van der Waals surface area contributed by atoms with E-state index in [1.165, 1.54) is 0 Å². The number of carbonyl (C=O) groups is 1. The lowest BCUT2D eigenvalue weighted by molar-refractivity contribution is 0.0785. The molecule has 0 aliphatic rings. The van der Waals surface area contributed by atoms with Gasteiger partial charge < -0.3 is 15.8 Å². The molecule has 0 spiro atoms. The molecule has 1 aromatic rings. The summed E-state index contributed by atoms with van der Waals surface area (Å²) < 4.78 is 0. The number of benzene rings is 1. The van der Waals surface area contributed by atoms with E-state index in [2.05, 4.69) is 5.16 Å². The van der Waals surface area contributed by atoms with Crippen molar-refractivity contribution in [2.75, 3.05) is 13.6 Å². The average molecular weight is 249 g/mol. The Morgan fingerprint density at radius 3 is 2.67 bits per heavy atom. The number of nitrogens with two attached hydrogens (primary N) is 1. The molecule has 18 heavy (non-hydrogen) atoms. The predicted octanol–water partition coefficient (Wildman–Crippen LogP) is 1.45. The number of hydrogen-bond acceptors (Lipinski definition) is 3. The molecule has 98 valence electrons. The van der Waals surface area contributed by atoms with Gasteiger partial charge >= 0.3 is 0 Å². The second-order valence-corrected chi connectivity index (χ2v) is 4.43. The van der Waals surface area contributed by atoms with E-state index in [0.29, 0.717) is 12.1 Å². The van der Waals surface area contributed by atoms with Gasteiger partial charge in [-0.3, -0.25) is 4.79 Å². The van der Waals surface area contributed by atoms with Crippen molar-refractivity contribution in [3.8, 4) is 0 Å². The number of rotatable bonds is 4. The molecule has 1 unspecified atom stereocenters. The first-order valence-corrected chi connectivity index (χ1v) is 5.76. The number of oxime groups is 1. The number of nitrogens with zero attached hydrogens (tertiary/aromatic N) is 2. The van der Waals surface area contributed by atoms with Crippen molar-refractivity contribution in [1.82, 2.24) is 4.90 Å². The van der Waals surface area contributed by atoms with Gasteiger partial charge in [-0.1, -0.05) is 30.3 Å². The number of carbonyl (C=O) groups excluding carboxylic acids is 1. The van der Waals surface area contributed by atoms with Crippen LogP contribution in [0.4, 0.5) is 0 Å². The molecule has 1 amide bonds. The molecule has 5 heteroatoms. The van der Waals surface area contributed by atoms with Crippen molar-refractivity contribution in [2.24, 2.45) is 16.8 Å². The molecule has 0 bridgehead atoms. The second-order valence-electron chi connectivity index (χ2n) is 4.43. The van der Waals surface area contributed by atoms with Crippen molar-refractivity contribution in [3.63, 3.8) is 0 Å². The lowest BCUT2D eigenvalue weighted by Gasteiger charge is -2.21. The number of hydrogen-bond donors (Lipinski definition) is 2. The molecular weight excluding hydrogens is 230 g/mol. The topological polar surface area (TPSA) is 78.9 Å². The lowest BCUT2D eigenvalue weighted by Crippen LogP contribution is -2.36. The Morgan fingerprint density at radius 1 is 1.50 bits per heavy atom. The molecule has 1 rings (SSSR count). The van der Waals surface area contributed by atoms with Gasteiger partial charge in [0, 0.05) is 25.1 Å². The first-order valence-electron chi connectivity index (χ1n) is 5.76. The fourth-order valence-electron chi connectivity index (χ4n) is 1.70. The molecule has 0 aromatic heterocycles. The molecule has 0 fully saturated rings. The summed E-state index contributed by atoms with van der Waals surface area (Å²) in [5, 5.41) is 11.5. The molecule has 0 heterocycles. The van der Waals surface area contributed by atoms with E-state index < -0.39 is 0 Å². The highest BCUT2D eigenvalue weighted by Gasteiger charge is 2.17. The van der Waals surface area contributed by atoms with Crippen LogP contribution in [0.3, 0.4) is 0 Å². The van der Waals surface area contributed by atoms with E-state index >= 15 is 0 Å². The van der Waals surface area contributed by atoms with Crippen LogP contribution in [-0.2, 0) is 0 Å². The Balaban J connectivity index is 2.77. The van der Waals surface area contributed by atoms with E-state index in [4.69, 9.17) is 10.9 Å². The van der Waals surface area contributed by atoms with Crippen LogP contribution in [0.15, 0.2) is 29.4 Å². The highest BCUT2D eigenvalue weighted by Crippen LogP contribution is 2.11. The van der Waals surface area contributed by atoms with E-state index in [1.54, 1.807) is 24.9 Å². The molecule has 0 saturated carbocycles. The zero-order valence-corrected chi connectivity index (χ0v) is 10.9. The fraction of sp³-hybridized carbons (Fsp3) is 0.385. The van der Waals surface area contributed by atoms with Crippen molar-refractivity contribution < 1.29 is 10.0 Å². The summed E-state index contributed by atoms with van der Waals surface area (Å²) in [6, 6.07) is 7.42. The Labute approximate surface area is 107 Å². The largest absolute Gasteiger partial charge is 0.409 e. The lowest BCUT2D eigenvalue weighted by atomic mass is 10.1. The normalized spacial score (nSPS) is 13.2. The third-order valence-corrected chi connectivity index (χ3v) is 2.89. The predicted molar refractivity (Wildman–Crippen MR) is 70.7 cm³/mol. The minimum atomic E-state index is -0.187. The quantitative estimate of drug-likeness (QED) is 0.367. The molecule has 1 atom stereocenters. The molecule has 0 aliphatic carbocycles. The Kier molecular flexibility index (Phi) is 4.71. The maximum absolute atomic E-state index is 12.2. The zero-order valence-electron chi connectivity index (χ0n) is 10.9. The Hall–Kier alpha value is -2.04. The van der Waals surface area contributed by atoms with E-state index in [0.717, 1.165) is 5.56 Å². The van der Waals surface area contributed by atoms with Gasteiger partial charge in [-0.25, -0.2) is 0 Å². The van der Waals surface area contributed by atoms with Crippen molar-refractivity contribution in [3.05, 3.63) is 35.4 Å². The van der Waals surface area contributed by atoms with Gasteiger partial charge in [-0.05, 0) is 18.6 Å². The fourth-order valence-corrected chi connectivity index (χ4v) is 1.70. The minimum absolute atomic E-state index is 0.0642. The highest BCUT2D eigenvalue weighted by molar-refractivity contribution is 5.95. The first kappa shape index (κ1) is 14.0. The summed E-state index contributed by atoms with van der Waals surface area (Å²) >= 11 is 0. The van der Waals surface area contributed by atoms with Crippen LogP contribution in [0.25, 0.3) is 0 Å². The molecule has 3 N–H and O–H groups in total. The maximum Gasteiger partial charge on any atom is 0.253 e. The second kappa shape index (κ2) is 6.05. The average Bonchev–Trinajstić information content (AvgIpc) is 2.37. The van der Waals surface area contributed by atoms with Crippen LogP contribution in [0.1, 0.15) is 22.8 Å². The number of amides is 1. The summed E-state index contributed by atoms with van der Waals surface area (Å²) in [6.45, 7) is 4.10. The monoisotopic (exact) mass is 249 g/mol. The van der Waals surface area contributed by atoms with Gasteiger partial charge in [0.25, 0.3) is 5.91 Å². The van der Waals surface area contributed by atoms with Crippen molar-refractivity contribution >= 4 is 11.7 Å². The van der Waals surface area contributed by atoms with Crippen LogP contribution >= 0.6 is 0 Å². The summed E-state index contributed by atoms with van der Waals surface area (Å²) in [5.74, 6) is -0.127. The SMILES string of the molecule is Cc1ccccc1C(=O)N(C)CC(C)C(N)=NO. The summed E-state index contributed by atoms with van der Waals surface area (Å²) in [6.07, 6.45) is 0. The minimum Gasteiger partial charge on any atom is -0.409 e. The number of amidine groups is 1. The van der Waals surface area contributed by atoms with Crippen LogP contribution < -0.4 is 5.73 Å². The van der Waals surface area contributed by atoms with Gasteiger partial charge in [-0.15, -0.1) is 0 Å². The standard InChI is InChI=1S/C13H19N3O2/c1-9-6-4-5-7-11(9)13(17)16(3)8-10(2)12(14)15-18/h4-7,10,18H,8H2,1-3H3,(H2,14,15). The molecule has 0 radical (unpaired) electrons. The zero-order chi connectivity index (χ0) is 13.7. The van der Waals surface area contributed by atoms with Crippen molar-refractivity contribution in [1.29, 1.82) is 0 Å². The summed E-state index contributed by atoms with van der Waals surface area (Å²) in [5.41, 5.74) is 7.10. The van der Waals surface area contributed by atoms with Crippen LogP contribution in [0.5, 0.6) is 0 Å². The van der Waals surface area contributed by atoms with E-state index in [-0.39, 0.29) is 17.7 Å². The van der Waals surface area contributed by atoms with E-state index in [1.807, 2.05) is 25.1 Å². The third-order valence-electron chi connectivity index (χ3n) is 2.89. The van der Waals surface area contributed by atoms with Crippen LogP contribution in [0, 0.1) is 12.8 Å². The summed E-state index contributed by atoms with van der Waals surface area (Å²) in [7, 11) is 1.70. The van der Waals surface area contributed by atoms with Gasteiger partial charge in [0.1, 0.15) is 5.84 Å². The van der Waals surface area contributed by atoms with Gasteiger partial charge in [0.05, 0.1) is 0 Å². The number of aryl methyl sites for hydroxylation is 1. The third kappa shape index (κ3) is 3.23. The first-order chi connectivity index (χ1) is 8.47. The maximum atomic E-state index is 12.2. The van der Waals surface area contributed by atoms with E-state index in [9.17, 15) is 4.79 Å². The van der Waals surface area contributed by atoms with Crippen LogP contribution in [-0.4, -0.2) is 35.4 Å².